The fraction of sp³-hybridized carbons (Fsp3) is 0.533. The number of methoxy groups -OCH3 is 2. The first-order valence-corrected chi connectivity index (χ1v) is 15.4. The Morgan fingerprint density at radius 2 is 1.72 bits per heavy atom. The van der Waals surface area contributed by atoms with E-state index in [1.807, 2.05) is 44.2 Å². The number of esters is 1. The normalized spacial score (nSPS) is 15.9. The van der Waals surface area contributed by atoms with Crippen LogP contribution in [0.5, 0.6) is 5.75 Å². The van der Waals surface area contributed by atoms with Gasteiger partial charge in [-0.2, -0.15) is 4.31 Å². The maximum Gasteiger partial charge on any atom is 0.407 e. The van der Waals surface area contributed by atoms with Gasteiger partial charge in [0, 0.05) is 19.5 Å². The van der Waals surface area contributed by atoms with E-state index in [9.17, 15) is 23.1 Å². The number of aliphatic hydroxyl groups is 1. The van der Waals surface area contributed by atoms with Gasteiger partial charge in [0.2, 0.25) is 10.0 Å². The van der Waals surface area contributed by atoms with Crippen molar-refractivity contribution in [2.45, 2.75) is 56.3 Å². The zero-order valence-electron chi connectivity index (χ0n) is 25.1. The first-order chi connectivity index (χ1) is 20.4. The molecule has 3 rings (SSSR count). The van der Waals surface area contributed by atoms with Crippen molar-refractivity contribution in [3.8, 4) is 5.75 Å². The number of nitrogens with one attached hydrogen (secondary N) is 1. The summed E-state index contributed by atoms with van der Waals surface area (Å²) in [6, 6.07) is 14.2. The van der Waals surface area contributed by atoms with Gasteiger partial charge < -0.3 is 34.1 Å². The minimum Gasteiger partial charge on any atom is -0.497 e. The molecule has 0 aliphatic carbocycles. The molecule has 0 saturated carbocycles. The van der Waals surface area contributed by atoms with Crippen molar-refractivity contribution in [3.05, 3.63) is 60.2 Å². The lowest BCUT2D eigenvalue weighted by Gasteiger charge is -2.35. The standard InChI is InChI=1S/C30H42N2O10S/c1-30(2,15-14-28(34)39-4)20-32(43(36,37)25-12-10-23(38-3)11-13-25)17-27(33)26(16-22-8-6-5-7-9-22)31-29(35)42-24-18-40-21-41-19-24/h5-13,24,26-27,33H,14-21H2,1-4H3,(H,31,35)/t26-,27?/m0/s1. The number of alkyl carbamates (subject to hydrolysis) is 1. The zero-order valence-corrected chi connectivity index (χ0v) is 25.9. The highest BCUT2D eigenvalue weighted by atomic mass is 32.2. The molecule has 0 radical (unpaired) electrons. The van der Waals surface area contributed by atoms with Crippen molar-refractivity contribution in [1.29, 1.82) is 0 Å². The molecule has 13 heteroatoms. The molecule has 1 heterocycles. The second-order valence-corrected chi connectivity index (χ2v) is 13.0. The number of rotatable bonds is 15. The molecule has 2 N–H and O–H groups in total. The van der Waals surface area contributed by atoms with Crippen molar-refractivity contribution in [2.24, 2.45) is 5.41 Å². The Bertz CT molecular complexity index is 1270. The number of benzene rings is 2. The van der Waals surface area contributed by atoms with Crippen molar-refractivity contribution in [1.82, 2.24) is 9.62 Å². The summed E-state index contributed by atoms with van der Waals surface area (Å²) in [4.78, 5) is 24.7. The lowest BCUT2D eigenvalue weighted by atomic mass is 9.87. The average molecular weight is 623 g/mol. The predicted molar refractivity (Wildman–Crippen MR) is 157 cm³/mol. The highest BCUT2D eigenvalue weighted by Crippen LogP contribution is 2.29. The third-order valence-corrected chi connectivity index (χ3v) is 8.87. The van der Waals surface area contributed by atoms with E-state index < -0.39 is 45.8 Å². The summed E-state index contributed by atoms with van der Waals surface area (Å²) in [6.45, 7) is 3.78. The van der Waals surface area contributed by atoms with Crippen LogP contribution in [0.3, 0.4) is 0 Å². The van der Waals surface area contributed by atoms with E-state index >= 15 is 0 Å². The largest absolute Gasteiger partial charge is 0.497 e. The number of carbonyl (C=O) groups is 2. The highest BCUT2D eigenvalue weighted by Gasteiger charge is 2.35. The fourth-order valence-corrected chi connectivity index (χ4v) is 6.25. The lowest BCUT2D eigenvalue weighted by molar-refractivity contribution is -0.151. The molecule has 2 atom stereocenters. The molecular weight excluding hydrogens is 580 g/mol. The molecule has 2 aromatic carbocycles. The minimum absolute atomic E-state index is 0.00791. The summed E-state index contributed by atoms with van der Waals surface area (Å²) in [5.74, 6) is 0.0837. The van der Waals surface area contributed by atoms with Gasteiger partial charge in [-0.25, -0.2) is 13.2 Å². The van der Waals surface area contributed by atoms with Crippen LogP contribution < -0.4 is 10.1 Å². The third kappa shape index (κ3) is 10.8. The van der Waals surface area contributed by atoms with Crippen LogP contribution in [-0.2, 0) is 40.2 Å². The van der Waals surface area contributed by atoms with Crippen LogP contribution in [0.25, 0.3) is 0 Å². The molecule has 2 aromatic rings. The molecule has 238 valence electrons. The van der Waals surface area contributed by atoms with Crippen LogP contribution in [-0.4, -0.2) is 95.5 Å². The van der Waals surface area contributed by atoms with E-state index in [-0.39, 0.29) is 50.8 Å². The van der Waals surface area contributed by atoms with Gasteiger partial charge in [-0.15, -0.1) is 0 Å². The van der Waals surface area contributed by atoms with E-state index in [0.717, 1.165) is 5.56 Å². The van der Waals surface area contributed by atoms with Gasteiger partial charge in [0.15, 0.2) is 6.10 Å². The maximum atomic E-state index is 13.9. The zero-order chi connectivity index (χ0) is 31.5. The molecule has 1 aliphatic heterocycles. The SMILES string of the molecule is COC(=O)CCC(C)(C)CN(CC(O)[C@H](Cc1ccccc1)NC(=O)OC1COCOC1)S(=O)(=O)c1ccc(OC)cc1. The molecule has 43 heavy (non-hydrogen) atoms. The van der Waals surface area contributed by atoms with Gasteiger partial charge >= 0.3 is 12.1 Å². The Labute approximate surface area is 253 Å². The van der Waals surface area contributed by atoms with E-state index in [1.54, 1.807) is 12.1 Å². The molecule has 1 aliphatic rings. The van der Waals surface area contributed by atoms with Crippen molar-refractivity contribution >= 4 is 22.1 Å². The van der Waals surface area contributed by atoms with Gasteiger partial charge in [-0.3, -0.25) is 4.79 Å². The molecule has 0 bridgehead atoms. The van der Waals surface area contributed by atoms with Gasteiger partial charge in [-0.1, -0.05) is 44.2 Å². The number of nitrogens with zero attached hydrogens (tertiary/aromatic N) is 1. The van der Waals surface area contributed by atoms with Crippen molar-refractivity contribution in [3.63, 3.8) is 0 Å². The minimum atomic E-state index is -4.13. The summed E-state index contributed by atoms with van der Waals surface area (Å²) in [5.41, 5.74) is 0.148. The Hall–Kier alpha value is -3.23. The second kappa shape index (κ2) is 16.0. The topological polar surface area (TPSA) is 150 Å². The molecular formula is C30H42N2O10S. The molecule has 1 fully saturated rings. The molecule has 0 aromatic heterocycles. The molecule has 12 nitrogen and oxygen atoms in total. The Morgan fingerprint density at radius 1 is 1.07 bits per heavy atom. The summed E-state index contributed by atoms with van der Waals surface area (Å²) < 4.78 is 54.8. The first-order valence-electron chi connectivity index (χ1n) is 14.0. The monoisotopic (exact) mass is 622 g/mol. The Morgan fingerprint density at radius 3 is 2.33 bits per heavy atom. The smallest absolute Gasteiger partial charge is 0.407 e. The van der Waals surface area contributed by atoms with Crippen LogP contribution in [0.15, 0.2) is 59.5 Å². The number of hydrogen-bond donors (Lipinski definition) is 2. The number of hydrogen-bond acceptors (Lipinski definition) is 10. The van der Waals surface area contributed by atoms with E-state index in [2.05, 4.69) is 5.32 Å². The summed E-state index contributed by atoms with van der Waals surface area (Å²) in [6.07, 6.45) is -2.10. The lowest BCUT2D eigenvalue weighted by Crippen LogP contribution is -2.52. The second-order valence-electron chi connectivity index (χ2n) is 11.1. The molecule has 0 spiro atoms. The summed E-state index contributed by atoms with van der Waals surface area (Å²) >= 11 is 0. The van der Waals surface area contributed by atoms with Crippen molar-refractivity contribution < 1.29 is 46.8 Å². The quantitative estimate of drug-likeness (QED) is 0.284. The fourth-order valence-electron chi connectivity index (χ4n) is 4.60. The maximum absolute atomic E-state index is 13.9. The third-order valence-electron chi connectivity index (χ3n) is 7.04. The number of amides is 1. The Balaban J connectivity index is 1.87. The molecule has 1 saturated heterocycles. The van der Waals surface area contributed by atoms with Crippen LogP contribution in [0, 0.1) is 5.41 Å². The van der Waals surface area contributed by atoms with Crippen molar-refractivity contribution in [2.75, 3.05) is 47.3 Å². The van der Waals surface area contributed by atoms with Gasteiger partial charge in [-0.05, 0) is 48.1 Å². The summed E-state index contributed by atoms with van der Waals surface area (Å²) in [5, 5.41) is 14.2. The van der Waals surface area contributed by atoms with E-state index in [4.69, 9.17) is 23.7 Å². The van der Waals surface area contributed by atoms with Crippen LogP contribution in [0.2, 0.25) is 0 Å². The summed E-state index contributed by atoms with van der Waals surface area (Å²) in [7, 11) is -1.35. The Kier molecular flexibility index (Phi) is 12.8. The van der Waals surface area contributed by atoms with Gasteiger partial charge in [0.05, 0.1) is 44.5 Å². The van der Waals surface area contributed by atoms with Crippen LogP contribution in [0.4, 0.5) is 4.79 Å². The number of ether oxygens (including phenoxy) is 5. The number of carbonyl (C=O) groups excluding carboxylic acids is 2. The number of sulfonamides is 1. The van der Waals surface area contributed by atoms with E-state index in [0.29, 0.717) is 12.2 Å². The molecule has 1 unspecified atom stereocenters. The van der Waals surface area contributed by atoms with E-state index in [1.165, 1.54) is 30.7 Å². The predicted octanol–water partition coefficient (Wildman–Crippen LogP) is 2.74. The number of aliphatic hydroxyl groups excluding tert-OH is 1. The van der Waals surface area contributed by atoms with Gasteiger partial charge in [0.1, 0.15) is 12.5 Å². The first kappa shape index (κ1) is 34.3. The average Bonchev–Trinajstić information content (AvgIpc) is 3.00. The molecule has 1 amide bonds. The van der Waals surface area contributed by atoms with Crippen LogP contribution in [0.1, 0.15) is 32.3 Å². The van der Waals surface area contributed by atoms with Crippen LogP contribution >= 0.6 is 0 Å². The highest BCUT2D eigenvalue weighted by molar-refractivity contribution is 7.89. The van der Waals surface area contributed by atoms with Gasteiger partial charge in [0.25, 0.3) is 0 Å².